The van der Waals surface area contributed by atoms with E-state index in [-0.39, 0.29) is 4.90 Å². The van der Waals surface area contributed by atoms with E-state index in [4.69, 9.17) is 4.74 Å². The van der Waals surface area contributed by atoms with Crippen molar-refractivity contribution in [1.29, 1.82) is 0 Å². The number of halogens is 1. The predicted molar refractivity (Wildman–Crippen MR) is 117 cm³/mol. The highest BCUT2D eigenvalue weighted by molar-refractivity contribution is 9.10. The molecule has 0 spiro atoms. The van der Waals surface area contributed by atoms with Crippen LogP contribution in [-0.4, -0.2) is 45.5 Å². The van der Waals surface area contributed by atoms with Crippen molar-refractivity contribution in [3.8, 4) is 5.75 Å². The molecule has 1 aliphatic rings. The maximum atomic E-state index is 13.3. The van der Waals surface area contributed by atoms with Crippen LogP contribution in [0.4, 0.5) is 5.69 Å². The largest absolute Gasteiger partial charge is 0.492 e. The minimum absolute atomic E-state index is 0.232. The molecule has 5 nitrogen and oxygen atoms in total. The first-order valence-electron chi connectivity index (χ1n) is 9.58. The van der Waals surface area contributed by atoms with Crippen LogP contribution in [0.5, 0.6) is 5.75 Å². The van der Waals surface area contributed by atoms with Crippen molar-refractivity contribution >= 4 is 31.6 Å². The van der Waals surface area contributed by atoms with Gasteiger partial charge in [0.2, 0.25) is 10.0 Å². The SMILES string of the molecule is CCCOc1ccc(Br)cc1S(=O)(=O)N1CCN(c2cccc(C)c2C)CC1. The van der Waals surface area contributed by atoms with Crippen LogP contribution in [0.3, 0.4) is 0 Å². The van der Waals surface area contributed by atoms with E-state index in [0.29, 0.717) is 38.5 Å². The van der Waals surface area contributed by atoms with Crippen molar-refractivity contribution in [2.75, 3.05) is 37.7 Å². The van der Waals surface area contributed by atoms with Crippen molar-refractivity contribution in [3.63, 3.8) is 0 Å². The summed E-state index contributed by atoms with van der Waals surface area (Å²) >= 11 is 3.39. The Kier molecular flexibility index (Phi) is 6.68. The molecule has 0 radical (unpaired) electrons. The number of benzene rings is 2. The summed E-state index contributed by atoms with van der Waals surface area (Å²) in [6.07, 6.45) is 0.823. The van der Waals surface area contributed by atoms with E-state index in [2.05, 4.69) is 52.9 Å². The quantitative estimate of drug-likeness (QED) is 0.634. The van der Waals surface area contributed by atoms with Crippen molar-refractivity contribution < 1.29 is 13.2 Å². The molecule has 152 valence electrons. The van der Waals surface area contributed by atoms with Gasteiger partial charge in [0.05, 0.1) is 6.61 Å². The smallest absolute Gasteiger partial charge is 0.246 e. The zero-order valence-electron chi connectivity index (χ0n) is 16.6. The molecule has 28 heavy (non-hydrogen) atoms. The number of ether oxygens (including phenoxy) is 1. The highest BCUT2D eigenvalue weighted by atomic mass is 79.9. The Morgan fingerprint density at radius 1 is 1.07 bits per heavy atom. The highest BCUT2D eigenvalue weighted by Gasteiger charge is 2.31. The van der Waals surface area contributed by atoms with Gasteiger partial charge in [-0.05, 0) is 55.7 Å². The Hall–Kier alpha value is -1.57. The molecule has 0 bridgehead atoms. The van der Waals surface area contributed by atoms with Gasteiger partial charge in [0, 0.05) is 36.3 Å². The third-order valence-corrected chi connectivity index (χ3v) is 7.55. The van der Waals surface area contributed by atoms with Crippen LogP contribution in [0.2, 0.25) is 0 Å². The first-order chi connectivity index (χ1) is 13.3. The summed E-state index contributed by atoms with van der Waals surface area (Å²) in [5.41, 5.74) is 3.69. The molecule has 2 aromatic rings. The fraction of sp³-hybridized carbons (Fsp3) is 0.429. The van der Waals surface area contributed by atoms with Crippen LogP contribution < -0.4 is 9.64 Å². The fourth-order valence-corrected chi connectivity index (χ4v) is 5.49. The number of hydrogen-bond donors (Lipinski definition) is 0. The lowest BCUT2D eigenvalue weighted by Gasteiger charge is -2.36. The Balaban J connectivity index is 1.80. The zero-order chi connectivity index (χ0) is 20.3. The van der Waals surface area contributed by atoms with E-state index >= 15 is 0 Å². The van der Waals surface area contributed by atoms with Gasteiger partial charge in [-0.2, -0.15) is 4.31 Å². The lowest BCUT2D eigenvalue weighted by atomic mass is 10.1. The van der Waals surface area contributed by atoms with Gasteiger partial charge in [-0.25, -0.2) is 8.42 Å². The van der Waals surface area contributed by atoms with Gasteiger partial charge in [0.1, 0.15) is 10.6 Å². The molecule has 0 aliphatic carbocycles. The van der Waals surface area contributed by atoms with Gasteiger partial charge in [-0.1, -0.05) is 35.0 Å². The van der Waals surface area contributed by atoms with E-state index in [9.17, 15) is 8.42 Å². The van der Waals surface area contributed by atoms with E-state index < -0.39 is 10.0 Å². The molecule has 1 heterocycles. The fourth-order valence-electron chi connectivity index (χ4n) is 3.40. The van der Waals surface area contributed by atoms with Crippen LogP contribution in [-0.2, 0) is 10.0 Å². The third kappa shape index (κ3) is 4.36. The maximum absolute atomic E-state index is 13.3. The standard InChI is InChI=1S/C21H27BrN2O3S/c1-4-14-27-20-9-8-18(22)15-21(20)28(25,26)24-12-10-23(11-13-24)19-7-5-6-16(2)17(19)3/h5-9,15H,4,10-14H2,1-3H3. The van der Waals surface area contributed by atoms with Gasteiger partial charge in [0.15, 0.2) is 0 Å². The number of hydrogen-bond acceptors (Lipinski definition) is 4. The molecule has 2 aromatic carbocycles. The summed E-state index contributed by atoms with van der Waals surface area (Å²) < 4.78 is 34.6. The maximum Gasteiger partial charge on any atom is 0.246 e. The molecule has 3 rings (SSSR count). The Labute approximate surface area is 176 Å². The Bertz CT molecular complexity index is 939. The molecule has 7 heteroatoms. The molecule has 0 atom stereocenters. The number of rotatable bonds is 6. The van der Waals surface area contributed by atoms with Gasteiger partial charge in [0.25, 0.3) is 0 Å². The van der Waals surface area contributed by atoms with Gasteiger partial charge < -0.3 is 9.64 Å². The van der Waals surface area contributed by atoms with E-state index in [0.717, 1.165) is 10.9 Å². The first kappa shape index (κ1) is 21.1. The highest BCUT2D eigenvalue weighted by Crippen LogP contribution is 2.31. The second kappa shape index (κ2) is 8.84. The van der Waals surface area contributed by atoms with Crippen molar-refractivity contribution in [2.24, 2.45) is 0 Å². The predicted octanol–water partition coefficient (Wildman–Crippen LogP) is 4.37. The summed E-state index contributed by atoms with van der Waals surface area (Å²) in [4.78, 5) is 2.50. The van der Waals surface area contributed by atoms with Crippen molar-refractivity contribution in [2.45, 2.75) is 32.1 Å². The summed E-state index contributed by atoms with van der Waals surface area (Å²) in [6.45, 7) is 8.96. The molecule has 0 aromatic heterocycles. The summed E-state index contributed by atoms with van der Waals surface area (Å²) in [5, 5.41) is 0. The van der Waals surface area contributed by atoms with Crippen molar-refractivity contribution in [1.82, 2.24) is 4.31 Å². The number of sulfonamides is 1. The molecule has 0 amide bonds. The molecular formula is C21H27BrN2O3S. The van der Waals surface area contributed by atoms with Gasteiger partial charge >= 0.3 is 0 Å². The number of anilines is 1. The summed E-state index contributed by atoms with van der Waals surface area (Å²) in [5.74, 6) is 0.419. The monoisotopic (exact) mass is 466 g/mol. The molecular weight excluding hydrogens is 440 g/mol. The molecule has 1 saturated heterocycles. The third-order valence-electron chi connectivity index (χ3n) is 5.14. The number of piperazine rings is 1. The van der Waals surface area contributed by atoms with Gasteiger partial charge in [-0.15, -0.1) is 0 Å². The van der Waals surface area contributed by atoms with E-state index in [1.54, 1.807) is 16.4 Å². The van der Waals surface area contributed by atoms with Crippen LogP contribution in [0.15, 0.2) is 45.8 Å². The van der Waals surface area contributed by atoms with Crippen LogP contribution >= 0.6 is 15.9 Å². The second-order valence-electron chi connectivity index (χ2n) is 7.05. The lowest BCUT2D eigenvalue weighted by Crippen LogP contribution is -2.49. The number of aryl methyl sites for hydroxylation is 1. The van der Waals surface area contributed by atoms with Gasteiger partial charge in [-0.3, -0.25) is 0 Å². The second-order valence-corrected chi connectivity index (χ2v) is 9.87. The molecule has 1 fully saturated rings. The van der Waals surface area contributed by atoms with Crippen LogP contribution in [0.25, 0.3) is 0 Å². The Morgan fingerprint density at radius 2 is 1.79 bits per heavy atom. The zero-order valence-corrected chi connectivity index (χ0v) is 19.0. The van der Waals surface area contributed by atoms with Crippen molar-refractivity contribution in [3.05, 3.63) is 52.0 Å². The number of nitrogens with zero attached hydrogens (tertiary/aromatic N) is 2. The summed E-state index contributed by atoms with van der Waals surface area (Å²) in [6, 6.07) is 11.4. The average Bonchev–Trinajstić information content (AvgIpc) is 2.69. The molecule has 0 unspecified atom stereocenters. The molecule has 0 saturated carbocycles. The van der Waals surface area contributed by atoms with Crippen LogP contribution in [0.1, 0.15) is 24.5 Å². The van der Waals surface area contributed by atoms with Crippen LogP contribution in [0, 0.1) is 13.8 Å². The normalized spacial score (nSPS) is 15.6. The first-order valence-corrected chi connectivity index (χ1v) is 11.8. The molecule has 0 N–H and O–H groups in total. The molecule has 1 aliphatic heterocycles. The average molecular weight is 467 g/mol. The topological polar surface area (TPSA) is 49.9 Å². The minimum Gasteiger partial charge on any atom is -0.492 e. The van der Waals surface area contributed by atoms with E-state index in [1.807, 2.05) is 13.0 Å². The minimum atomic E-state index is -3.62. The lowest BCUT2D eigenvalue weighted by molar-refractivity contribution is 0.307. The Morgan fingerprint density at radius 3 is 2.46 bits per heavy atom. The summed E-state index contributed by atoms with van der Waals surface area (Å²) in [7, 11) is -3.62. The van der Waals surface area contributed by atoms with E-state index in [1.165, 1.54) is 16.8 Å².